The molecule has 0 aromatic rings. The van der Waals surface area contributed by atoms with Crippen LogP contribution >= 0.6 is 7.82 Å². The predicted molar refractivity (Wildman–Crippen MR) is 265 cm³/mol. The fraction of sp³-hybridized carbons (Fsp3) is 0.792. The number of rotatable bonds is 46. The third-order valence-electron chi connectivity index (χ3n) is 11.3. The number of phosphoric acid groups is 1. The number of unbranched alkanes of at least 4 members (excludes halogenated alkanes) is 23. The zero-order valence-electron chi connectivity index (χ0n) is 41.1. The predicted octanol–water partition coefficient (Wildman–Crippen LogP) is 14.3. The summed E-state index contributed by atoms with van der Waals surface area (Å²) >= 11 is 0. The Bertz CT molecular complexity index is 1190. The van der Waals surface area contributed by atoms with Crippen molar-refractivity contribution >= 4 is 13.7 Å². The molecule has 1 amide bonds. The molecule has 0 radical (unpaired) electrons. The molecule has 0 heterocycles. The maximum Gasteiger partial charge on any atom is 0.268 e. The zero-order chi connectivity index (χ0) is 45.7. The number of hydrogen-bond acceptors (Lipinski definition) is 6. The number of amides is 1. The maximum atomic E-state index is 12.9. The van der Waals surface area contributed by atoms with E-state index in [4.69, 9.17) is 9.05 Å². The lowest BCUT2D eigenvalue weighted by Crippen LogP contribution is -2.46. The van der Waals surface area contributed by atoms with E-state index in [0.717, 1.165) is 77.0 Å². The summed E-state index contributed by atoms with van der Waals surface area (Å²) in [4.78, 5) is 25.4. The molecule has 3 atom stereocenters. The molecular formula is C53H99N2O6P. The van der Waals surface area contributed by atoms with Crippen molar-refractivity contribution in [3.8, 4) is 0 Å². The molecule has 0 aromatic carbocycles. The summed E-state index contributed by atoms with van der Waals surface area (Å²) in [6.45, 7) is 4.60. The van der Waals surface area contributed by atoms with E-state index in [1.807, 2.05) is 21.1 Å². The molecule has 0 rings (SSSR count). The lowest BCUT2D eigenvalue weighted by Gasteiger charge is -2.30. The number of carbonyl (C=O) groups is 1. The Morgan fingerprint density at radius 2 is 0.984 bits per heavy atom. The Balaban J connectivity index is 4.25. The summed E-state index contributed by atoms with van der Waals surface area (Å²) in [5.74, 6) is -0.173. The van der Waals surface area contributed by atoms with Crippen LogP contribution in [0.4, 0.5) is 0 Å². The van der Waals surface area contributed by atoms with Crippen LogP contribution in [-0.2, 0) is 18.4 Å². The average molecular weight is 891 g/mol. The number of nitrogens with zero attached hydrogens (tertiary/aromatic N) is 1. The average Bonchev–Trinajstić information content (AvgIpc) is 3.23. The smallest absolute Gasteiger partial charge is 0.268 e. The number of carbonyl (C=O) groups excluding carboxylic acids is 1. The van der Waals surface area contributed by atoms with Crippen molar-refractivity contribution in [2.24, 2.45) is 0 Å². The van der Waals surface area contributed by atoms with E-state index in [-0.39, 0.29) is 19.1 Å². The van der Waals surface area contributed by atoms with Gasteiger partial charge in [0, 0.05) is 6.42 Å². The van der Waals surface area contributed by atoms with Crippen LogP contribution in [0.15, 0.2) is 60.8 Å². The van der Waals surface area contributed by atoms with Crippen molar-refractivity contribution in [2.45, 2.75) is 231 Å². The van der Waals surface area contributed by atoms with E-state index in [1.54, 1.807) is 0 Å². The van der Waals surface area contributed by atoms with Gasteiger partial charge in [0.25, 0.3) is 7.82 Å². The first-order chi connectivity index (χ1) is 30.0. The molecule has 2 N–H and O–H groups in total. The van der Waals surface area contributed by atoms with Gasteiger partial charge in [-0.2, -0.15) is 0 Å². The lowest BCUT2D eigenvalue weighted by molar-refractivity contribution is -0.870. The molecule has 8 nitrogen and oxygen atoms in total. The first kappa shape index (κ1) is 60.2. The first-order valence-corrected chi connectivity index (χ1v) is 27.1. The zero-order valence-corrected chi connectivity index (χ0v) is 42.0. The number of quaternary nitrogens is 1. The molecule has 0 aliphatic heterocycles. The number of phosphoric ester groups is 1. The molecule has 0 saturated carbocycles. The van der Waals surface area contributed by atoms with Crippen molar-refractivity contribution in [1.29, 1.82) is 0 Å². The molecule has 0 bridgehead atoms. The fourth-order valence-electron chi connectivity index (χ4n) is 7.24. The Morgan fingerprint density at radius 1 is 0.581 bits per heavy atom. The number of likely N-dealkylation sites (N-methyl/N-ethyl adjacent to an activating group) is 1. The van der Waals surface area contributed by atoms with Gasteiger partial charge in [0.1, 0.15) is 13.2 Å². The fourth-order valence-corrected chi connectivity index (χ4v) is 7.97. The molecule has 62 heavy (non-hydrogen) atoms. The molecule has 362 valence electrons. The molecular weight excluding hydrogens is 792 g/mol. The van der Waals surface area contributed by atoms with E-state index in [0.29, 0.717) is 23.9 Å². The van der Waals surface area contributed by atoms with Crippen molar-refractivity contribution in [3.05, 3.63) is 60.8 Å². The van der Waals surface area contributed by atoms with E-state index < -0.39 is 20.0 Å². The summed E-state index contributed by atoms with van der Waals surface area (Å²) in [6.07, 6.45) is 58.0. The number of nitrogens with one attached hydrogen (secondary N) is 1. The normalized spacial score (nSPS) is 14.6. The Hall–Kier alpha value is -1.80. The van der Waals surface area contributed by atoms with Crippen molar-refractivity contribution < 1.29 is 32.9 Å². The Morgan fingerprint density at radius 3 is 1.44 bits per heavy atom. The third kappa shape index (κ3) is 46.2. The van der Waals surface area contributed by atoms with Crippen LogP contribution in [-0.4, -0.2) is 68.5 Å². The highest BCUT2D eigenvalue weighted by Gasteiger charge is 2.24. The number of hydrogen-bond donors (Lipinski definition) is 2. The number of aliphatic hydroxyl groups excluding tert-OH is 1. The highest BCUT2D eigenvalue weighted by atomic mass is 31.2. The molecule has 0 fully saturated rings. The summed E-state index contributed by atoms with van der Waals surface area (Å²) in [5, 5.41) is 14.0. The van der Waals surface area contributed by atoms with Crippen molar-refractivity contribution in [1.82, 2.24) is 5.32 Å². The van der Waals surface area contributed by atoms with Crippen LogP contribution in [0.25, 0.3) is 0 Å². The minimum absolute atomic E-state index is 0.00872. The van der Waals surface area contributed by atoms with Crippen LogP contribution in [0, 0.1) is 0 Å². The molecule has 0 saturated heterocycles. The maximum absolute atomic E-state index is 12.9. The second-order valence-electron chi connectivity index (χ2n) is 18.5. The SMILES string of the molecule is CC/C=C\C/C=C\C/C=C\C/C=C\C/C=C\CCCCCCCCCCCC(=O)NC(COP(=O)([O-])OCC[N+](C)(C)C)C(O)CCCCCCCCCCCCCCCCC. The second-order valence-corrected chi connectivity index (χ2v) is 19.9. The molecule has 3 unspecified atom stereocenters. The Labute approximate surface area is 383 Å². The van der Waals surface area contributed by atoms with Crippen LogP contribution < -0.4 is 10.2 Å². The van der Waals surface area contributed by atoms with Crippen molar-refractivity contribution in [3.63, 3.8) is 0 Å². The van der Waals surface area contributed by atoms with E-state index >= 15 is 0 Å². The largest absolute Gasteiger partial charge is 0.756 e. The second kappa shape index (κ2) is 44.4. The molecule has 0 aliphatic rings. The van der Waals surface area contributed by atoms with Crippen LogP contribution in [0.3, 0.4) is 0 Å². The highest BCUT2D eigenvalue weighted by Crippen LogP contribution is 2.38. The lowest BCUT2D eigenvalue weighted by atomic mass is 10.0. The molecule has 0 aliphatic carbocycles. The highest BCUT2D eigenvalue weighted by molar-refractivity contribution is 7.45. The van der Waals surface area contributed by atoms with Gasteiger partial charge in [-0.05, 0) is 57.8 Å². The van der Waals surface area contributed by atoms with Gasteiger partial charge in [-0.1, -0.05) is 216 Å². The van der Waals surface area contributed by atoms with E-state index in [1.165, 1.54) is 116 Å². The minimum Gasteiger partial charge on any atom is -0.756 e. The van der Waals surface area contributed by atoms with Gasteiger partial charge in [-0.15, -0.1) is 0 Å². The number of aliphatic hydroxyl groups is 1. The quantitative estimate of drug-likeness (QED) is 0.0273. The Kier molecular flexibility index (Phi) is 43.1. The summed E-state index contributed by atoms with van der Waals surface area (Å²) in [6, 6.07) is -0.806. The molecule has 9 heteroatoms. The number of allylic oxidation sites excluding steroid dienone is 10. The van der Waals surface area contributed by atoms with E-state index in [9.17, 15) is 19.4 Å². The van der Waals surface area contributed by atoms with Gasteiger partial charge < -0.3 is 28.8 Å². The van der Waals surface area contributed by atoms with Gasteiger partial charge in [0.05, 0.1) is 39.9 Å². The van der Waals surface area contributed by atoms with Gasteiger partial charge >= 0.3 is 0 Å². The topological polar surface area (TPSA) is 108 Å². The van der Waals surface area contributed by atoms with Gasteiger partial charge in [-0.3, -0.25) is 9.36 Å². The molecule has 0 aromatic heterocycles. The molecule has 0 spiro atoms. The third-order valence-corrected chi connectivity index (χ3v) is 12.2. The van der Waals surface area contributed by atoms with Crippen LogP contribution in [0.1, 0.15) is 219 Å². The summed E-state index contributed by atoms with van der Waals surface area (Å²) < 4.78 is 23.3. The standard InChI is InChI=1S/C53H99N2O6P/c1-6-8-10-12-14-16-18-20-22-23-24-25-26-27-28-29-30-31-33-35-37-39-41-43-45-47-53(57)54-51(50-61-62(58,59)60-49-48-55(3,4)5)52(56)46-44-42-40-38-36-34-32-21-19-17-15-13-11-9-7-2/h8,10,14,16,20,22,24-25,27-28,51-52,56H,6-7,9,11-13,15,17-19,21,23,26,29-50H2,1-5H3,(H-,54,57,58,59)/b10-8-,16-14-,22-20-,25-24-,28-27-. The van der Waals surface area contributed by atoms with E-state index in [2.05, 4.69) is 79.9 Å². The minimum atomic E-state index is -4.57. The van der Waals surface area contributed by atoms with Crippen molar-refractivity contribution in [2.75, 3.05) is 40.9 Å². The van der Waals surface area contributed by atoms with Gasteiger partial charge in [-0.25, -0.2) is 0 Å². The van der Waals surface area contributed by atoms with Gasteiger partial charge in [0.15, 0.2) is 0 Å². The first-order valence-electron chi connectivity index (χ1n) is 25.6. The summed E-state index contributed by atoms with van der Waals surface area (Å²) in [5.41, 5.74) is 0. The summed E-state index contributed by atoms with van der Waals surface area (Å²) in [7, 11) is 1.29. The monoisotopic (exact) mass is 891 g/mol. The van der Waals surface area contributed by atoms with Crippen LogP contribution in [0.5, 0.6) is 0 Å². The van der Waals surface area contributed by atoms with Gasteiger partial charge in [0.2, 0.25) is 5.91 Å². The van der Waals surface area contributed by atoms with Crippen LogP contribution in [0.2, 0.25) is 0 Å².